The van der Waals surface area contributed by atoms with Gasteiger partial charge in [-0.25, -0.2) is 0 Å². The predicted molar refractivity (Wildman–Crippen MR) is 49.4 cm³/mol. The lowest BCUT2D eigenvalue weighted by Gasteiger charge is -2.05. The Hall–Kier alpha value is -0.260. The van der Waals surface area contributed by atoms with Crippen molar-refractivity contribution >= 4 is 17.7 Å². The molecule has 72 valence electrons. The Morgan fingerprint density at radius 2 is 2.33 bits per heavy atom. The van der Waals surface area contributed by atoms with Crippen molar-refractivity contribution in [3.8, 4) is 0 Å². The highest BCUT2D eigenvalue weighted by atomic mass is 32.2. The van der Waals surface area contributed by atoms with Crippen LogP contribution in [-0.2, 0) is 9.53 Å². The Morgan fingerprint density at radius 1 is 1.67 bits per heavy atom. The Kier molecular flexibility index (Phi) is 7.23. The highest BCUT2D eigenvalue weighted by molar-refractivity contribution is 8.00. The minimum atomic E-state index is -0.779. The van der Waals surface area contributed by atoms with E-state index >= 15 is 0 Å². The number of nitrogens with two attached hydrogens (primary N) is 1. The van der Waals surface area contributed by atoms with E-state index in [0.29, 0.717) is 25.5 Å². The average molecular weight is 193 g/mol. The molecule has 0 aliphatic heterocycles. The first-order chi connectivity index (χ1) is 5.68. The molecule has 12 heavy (non-hydrogen) atoms. The molecular formula is C7H15NO3S. The molecule has 4 nitrogen and oxygen atoms in total. The molecule has 0 heterocycles. The third kappa shape index (κ3) is 6.45. The van der Waals surface area contributed by atoms with Crippen LogP contribution < -0.4 is 5.73 Å². The van der Waals surface area contributed by atoms with Crippen LogP contribution in [0.25, 0.3) is 0 Å². The minimum absolute atomic E-state index is 0.355. The van der Waals surface area contributed by atoms with Crippen molar-refractivity contribution in [1.29, 1.82) is 0 Å². The van der Waals surface area contributed by atoms with E-state index in [2.05, 4.69) is 0 Å². The number of carboxylic acids is 1. The van der Waals surface area contributed by atoms with Gasteiger partial charge in [0.25, 0.3) is 0 Å². The molecule has 0 amide bonds. The van der Waals surface area contributed by atoms with Crippen LogP contribution in [0.1, 0.15) is 6.92 Å². The summed E-state index contributed by atoms with van der Waals surface area (Å²) in [5.41, 5.74) is 5.19. The summed E-state index contributed by atoms with van der Waals surface area (Å²) in [5.74, 6) is -0.0770. The van der Waals surface area contributed by atoms with Crippen LogP contribution >= 0.6 is 11.8 Å². The molecule has 0 aliphatic carbocycles. The second-order valence-electron chi connectivity index (χ2n) is 2.25. The van der Waals surface area contributed by atoms with Gasteiger partial charge in [-0.15, -0.1) is 11.8 Å². The first-order valence-electron chi connectivity index (χ1n) is 3.80. The summed E-state index contributed by atoms with van der Waals surface area (Å²) in [7, 11) is 0. The number of hydrogen-bond acceptors (Lipinski definition) is 4. The molecule has 0 radical (unpaired) electrons. The Labute approximate surface area is 76.5 Å². The van der Waals surface area contributed by atoms with Crippen molar-refractivity contribution in [1.82, 2.24) is 0 Å². The van der Waals surface area contributed by atoms with E-state index in [1.54, 1.807) is 6.92 Å². The Morgan fingerprint density at radius 3 is 2.83 bits per heavy atom. The van der Waals surface area contributed by atoms with Crippen LogP contribution in [0, 0.1) is 0 Å². The van der Waals surface area contributed by atoms with E-state index in [-0.39, 0.29) is 5.25 Å². The third-order valence-electron chi connectivity index (χ3n) is 1.21. The summed E-state index contributed by atoms with van der Waals surface area (Å²) in [6.45, 7) is 3.29. The lowest BCUT2D eigenvalue weighted by Crippen LogP contribution is -2.14. The van der Waals surface area contributed by atoms with Crippen LogP contribution in [0.3, 0.4) is 0 Å². The van der Waals surface area contributed by atoms with Gasteiger partial charge in [-0.3, -0.25) is 4.79 Å². The van der Waals surface area contributed by atoms with Gasteiger partial charge in [-0.1, -0.05) is 0 Å². The van der Waals surface area contributed by atoms with Crippen LogP contribution in [0.4, 0.5) is 0 Å². The topological polar surface area (TPSA) is 72.5 Å². The molecule has 0 aromatic rings. The van der Waals surface area contributed by atoms with E-state index in [1.807, 2.05) is 0 Å². The largest absolute Gasteiger partial charge is 0.480 e. The van der Waals surface area contributed by atoms with Gasteiger partial charge in [-0.05, 0) is 6.92 Å². The zero-order valence-corrected chi connectivity index (χ0v) is 7.97. The molecular weight excluding hydrogens is 178 g/mol. The maximum Gasteiger partial charge on any atom is 0.316 e. The first-order valence-corrected chi connectivity index (χ1v) is 4.85. The molecule has 0 spiro atoms. The minimum Gasteiger partial charge on any atom is -0.480 e. The fraction of sp³-hybridized carbons (Fsp3) is 0.857. The highest BCUT2D eigenvalue weighted by Gasteiger charge is 2.09. The first kappa shape index (κ1) is 11.7. The van der Waals surface area contributed by atoms with Gasteiger partial charge in [0.15, 0.2) is 0 Å². The standard InChI is InChI=1S/C7H15NO3S/c1-6(7(9)10)12-5-4-11-3-2-8/h6H,2-5,8H2,1H3,(H,9,10). The summed E-state index contributed by atoms with van der Waals surface area (Å²) < 4.78 is 5.07. The molecule has 3 N–H and O–H groups in total. The smallest absolute Gasteiger partial charge is 0.316 e. The molecule has 5 heteroatoms. The molecule has 1 unspecified atom stereocenters. The van der Waals surface area contributed by atoms with Crippen LogP contribution in [0.15, 0.2) is 0 Å². The molecule has 0 rings (SSSR count). The van der Waals surface area contributed by atoms with Crippen molar-refractivity contribution in [2.45, 2.75) is 12.2 Å². The lowest BCUT2D eigenvalue weighted by molar-refractivity contribution is -0.136. The van der Waals surface area contributed by atoms with Crippen LogP contribution in [0.2, 0.25) is 0 Å². The number of ether oxygens (including phenoxy) is 1. The number of aliphatic carboxylic acids is 1. The van der Waals surface area contributed by atoms with Crippen LogP contribution in [-0.4, -0.2) is 41.8 Å². The van der Waals surface area contributed by atoms with Crippen molar-refractivity contribution < 1.29 is 14.6 Å². The van der Waals surface area contributed by atoms with Gasteiger partial charge in [0.1, 0.15) is 0 Å². The SMILES string of the molecule is CC(SCCOCCN)C(=O)O. The number of carboxylic acid groups (broad SMARTS) is 1. The molecule has 0 saturated heterocycles. The Balaban J connectivity index is 3.14. The lowest BCUT2D eigenvalue weighted by atomic mass is 10.5. The highest BCUT2D eigenvalue weighted by Crippen LogP contribution is 2.09. The molecule has 1 atom stereocenters. The monoisotopic (exact) mass is 193 g/mol. The molecule has 0 aromatic heterocycles. The van der Waals surface area contributed by atoms with E-state index in [4.69, 9.17) is 15.6 Å². The maximum absolute atomic E-state index is 10.3. The van der Waals surface area contributed by atoms with Gasteiger partial charge >= 0.3 is 5.97 Å². The zero-order chi connectivity index (χ0) is 9.40. The normalized spacial score (nSPS) is 12.8. The van der Waals surface area contributed by atoms with Crippen LogP contribution in [0.5, 0.6) is 0 Å². The maximum atomic E-state index is 10.3. The van der Waals surface area contributed by atoms with Crippen molar-refractivity contribution in [3.05, 3.63) is 0 Å². The van der Waals surface area contributed by atoms with Gasteiger partial charge in [-0.2, -0.15) is 0 Å². The number of hydrogen-bond donors (Lipinski definition) is 2. The van der Waals surface area contributed by atoms with Crippen molar-refractivity contribution in [3.63, 3.8) is 0 Å². The fourth-order valence-corrected chi connectivity index (χ4v) is 1.25. The third-order valence-corrected chi connectivity index (χ3v) is 2.31. The second-order valence-corrected chi connectivity index (χ2v) is 3.70. The van der Waals surface area contributed by atoms with Crippen molar-refractivity contribution in [2.24, 2.45) is 5.73 Å². The summed E-state index contributed by atoms with van der Waals surface area (Å²) in [6, 6.07) is 0. The predicted octanol–water partition coefficient (Wildman–Crippen LogP) is 0.168. The summed E-state index contributed by atoms with van der Waals surface area (Å²) in [6.07, 6.45) is 0. The van der Waals surface area contributed by atoms with E-state index < -0.39 is 5.97 Å². The van der Waals surface area contributed by atoms with Gasteiger partial charge in [0.05, 0.1) is 18.5 Å². The summed E-state index contributed by atoms with van der Waals surface area (Å²) in [4.78, 5) is 10.3. The van der Waals surface area contributed by atoms with Gasteiger partial charge in [0, 0.05) is 12.3 Å². The van der Waals surface area contributed by atoms with Crippen molar-refractivity contribution in [2.75, 3.05) is 25.5 Å². The van der Waals surface area contributed by atoms with Gasteiger partial charge < -0.3 is 15.6 Å². The van der Waals surface area contributed by atoms with E-state index in [0.717, 1.165) is 0 Å². The molecule has 0 aromatic carbocycles. The second kappa shape index (κ2) is 7.39. The zero-order valence-electron chi connectivity index (χ0n) is 7.16. The summed E-state index contributed by atoms with van der Waals surface area (Å²) >= 11 is 1.37. The molecule has 0 aliphatic rings. The molecule has 0 bridgehead atoms. The fourth-order valence-electron chi connectivity index (χ4n) is 0.540. The van der Waals surface area contributed by atoms with Gasteiger partial charge in [0.2, 0.25) is 0 Å². The number of carbonyl (C=O) groups is 1. The summed E-state index contributed by atoms with van der Waals surface area (Å²) in [5, 5.41) is 8.15. The number of rotatable bonds is 7. The average Bonchev–Trinajstić information content (AvgIpc) is 2.03. The quantitative estimate of drug-likeness (QED) is 0.564. The molecule has 0 saturated carbocycles. The van der Waals surface area contributed by atoms with E-state index in [9.17, 15) is 4.79 Å². The Bertz CT molecular complexity index is 132. The number of thioether (sulfide) groups is 1. The molecule has 0 fully saturated rings. The van der Waals surface area contributed by atoms with E-state index in [1.165, 1.54) is 11.8 Å².